The van der Waals surface area contributed by atoms with Gasteiger partial charge in [-0.15, -0.1) is 0 Å². The van der Waals surface area contributed by atoms with Gasteiger partial charge in [0.25, 0.3) is 0 Å². The van der Waals surface area contributed by atoms with Crippen molar-refractivity contribution in [3.05, 3.63) is 65.7 Å². The normalized spacial score (nSPS) is 17.3. The van der Waals surface area contributed by atoms with Crippen LogP contribution in [0.15, 0.2) is 54.6 Å². The summed E-state index contributed by atoms with van der Waals surface area (Å²) in [5.41, 5.74) is 3.19. The van der Waals surface area contributed by atoms with Crippen molar-refractivity contribution in [2.45, 2.75) is 31.7 Å². The maximum atomic E-state index is 12.5. The van der Waals surface area contributed by atoms with Gasteiger partial charge in [-0.1, -0.05) is 55.5 Å². The fourth-order valence-electron chi connectivity index (χ4n) is 3.45. The molecule has 0 bridgehead atoms. The fraction of sp³-hybridized carbons (Fsp3) is 0.333. The van der Waals surface area contributed by atoms with Gasteiger partial charge >= 0.3 is 5.97 Å². The highest BCUT2D eigenvalue weighted by Gasteiger charge is 2.25. The molecule has 2 N–H and O–H groups in total. The molecule has 1 amide bonds. The molecule has 1 unspecified atom stereocenters. The Balaban J connectivity index is 1.66. The molecule has 3 rings (SSSR count). The summed E-state index contributed by atoms with van der Waals surface area (Å²) in [6, 6.07) is 16.5. The third-order valence-electron chi connectivity index (χ3n) is 4.89. The molecule has 136 valence electrons. The lowest BCUT2D eigenvalue weighted by Gasteiger charge is -2.34. The van der Waals surface area contributed by atoms with Gasteiger partial charge in [0.2, 0.25) is 5.91 Å². The zero-order valence-electron chi connectivity index (χ0n) is 14.9. The van der Waals surface area contributed by atoms with Crippen molar-refractivity contribution in [1.82, 2.24) is 5.32 Å². The van der Waals surface area contributed by atoms with Crippen molar-refractivity contribution in [2.24, 2.45) is 0 Å². The van der Waals surface area contributed by atoms with Gasteiger partial charge in [-0.3, -0.25) is 4.79 Å². The predicted octanol–water partition coefficient (Wildman–Crippen LogP) is 2.81. The lowest BCUT2D eigenvalue weighted by molar-refractivity contribution is -0.141. The predicted molar refractivity (Wildman–Crippen MR) is 101 cm³/mol. The third kappa shape index (κ3) is 4.23. The first-order valence-electron chi connectivity index (χ1n) is 8.94. The Bertz CT molecular complexity index is 776. The second-order valence-corrected chi connectivity index (χ2v) is 6.82. The highest BCUT2D eigenvalue weighted by atomic mass is 16.4. The first kappa shape index (κ1) is 18.0. The second kappa shape index (κ2) is 8.04. The Hall–Kier alpha value is -2.82. The number of anilines is 1. The van der Waals surface area contributed by atoms with Crippen LogP contribution in [0.5, 0.6) is 0 Å². The summed E-state index contributed by atoms with van der Waals surface area (Å²) in [6.45, 7) is 3.15. The molecule has 5 heteroatoms. The van der Waals surface area contributed by atoms with Crippen LogP contribution >= 0.6 is 0 Å². The van der Waals surface area contributed by atoms with Gasteiger partial charge in [-0.05, 0) is 29.5 Å². The minimum atomic E-state index is -1.02. The summed E-state index contributed by atoms with van der Waals surface area (Å²) in [4.78, 5) is 26.1. The molecule has 1 aliphatic rings. The van der Waals surface area contributed by atoms with E-state index >= 15 is 0 Å². The monoisotopic (exact) mass is 352 g/mol. The number of nitrogens with zero attached hydrogens (tertiary/aromatic N) is 1. The number of hydrogen-bond acceptors (Lipinski definition) is 3. The molecule has 0 spiro atoms. The molecular weight excluding hydrogens is 328 g/mol. The molecule has 5 nitrogen and oxygen atoms in total. The van der Waals surface area contributed by atoms with Crippen molar-refractivity contribution in [3.8, 4) is 0 Å². The van der Waals surface area contributed by atoms with Crippen LogP contribution in [0, 0.1) is 0 Å². The topological polar surface area (TPSA) is 69.6 Å². The molecule has 2 aromatic rings. The first-order chi connectivity index (χ1) is 12.5. The van der Waals surface area contributed by atoms with Crippen LogP contribution in [0.3, 0.4) is 0 Å². The van der Waals surface area contributed by atoms with Crippen LogP contribution in [0.4, 0.5) is 5.69 Å². The molecule has 2 atom stereocenters. The SMILES string of the molecule is CC1CCN(CC(=O)N[C@H](Cc2ccccc2)C(=O)O)c2ccccc21. The van der Waals surface area contributed by atoms with Crippen LogP contribution in [0.1, 0.15) is 30.4 Å². The van der Waals surface area contributed by atoms with Gasteiger partial charge in [0.15, 0.2) is 0 Å². The highest BCUT2D eigenvalue weighted by Crippen LogP contribution is 2.34. The number of hydrogen-bond donors (Lipinski definition) is 2. The van der Waals surface area contributed by atoms with Gasteiger partial charge in [0.05, 0.1) is 6.54 Å². The van der Waals surface area contributed by atoms with E-state index in [4.69, 9.17) is 0 Å². The van der Waals surface area contributed by atoms with Gasteiger partial charge < -0.3 is 15.3 Å². The smallest absolute Gasteiger partial charge is 0.326 e. The van der Waals surface area contributed by atoms with Crippen LogP contribution in [-0.4, -0.2) is 36.1 Å². The molecule has 0 aromatic heterocycles. The zero-order chi connectivity index (χ0) is 18.5. The number of carbonyl (C=O) groups excluding carboxylic acids is 1. The van der Waals surface area contributed by atoms with Crippen molar-refractivity contribution in [1.29, 1.82) is 0 Å². The molecule has 1 heterocycles. The number of carbonyl (C=O) groups is 2. The van der Waals surface area contributed by atoms with Gasteiger partial charge in [0, 0.05) is 18.7 Å². The molecular formula is C21H24N2O3. The van der Waals surface area contributed by atoms with Crippen LogP contribution < -0.4 is 10.2 Å². The number of nitrogens with one attached hydrogen (secondary N) is 1. The maximum Gasteiger partial charge on any atom is 0.326 e. The van der Waals surface area contributed by atoms with Crippen molar-refractivity contribution in [2.75, 3.05) is 18.0 Å². The number of carboxylic acid groups (broad SMARTS) is 1. The van der Waals surface area contributed by atoms with E-state index in [1.807, 2.05) is 53.4 Å². The average molecular weight is 352 g/mol. The number of carboxylic acids is 1. The van der Waals surface area contributed by atoms with Gasteiger partial charge in [0.1, 0.15) is 6.04 Å². The molecule has 1 aliphatic heterocycles. The van der Waals surface area contributed by atoms with Crippen LogP contribution in [0.25, 0.3) is 0 Å². The molecule has 0 aliphatic carbocycles. The highest BCUT2D eigenvalue weighted by molar-refractivity contribution is 5.87. The summed E-state index contributed by atoms with van der Waals surface area (Å²) in [7, 11) is 0. The lowest BCUT2D eigenvalue weighted by Crippen LogP contribution is -2.47. The summed E-state index contributed by atoms with van der Waals surface area (Å²) in [6.07, 6.45) is 1.26. The number of rotatable bonds is 6. The summed E-state index contributed by atoms with van der Waals surface area (Å²) in [5, 5.41) is 12.1. The van der Waals surface area contributed by atoms with E-state index in [1.54, 1.807) is 0 Å². The molecule has 2 aromatic carbocycles. The summed E-state index contributed by atoms with van der Waals surface area (Å²) < 4.78 is 0. The standard InChI is InChI=1S/C21H24N2O3/c1-15-11-12-23(19-10-6-5-9-17(15)19)14-20(24)22-18(21(25)26)13-16-7-3-2-4-8-16/h2-10,15,18H,11-14H2,1H3,(H,22,24)(H,25,26)/t15?,18-/m1/s1. The lowest BCUT2D eigenvalue weighted by atomic mass is 9.91. The van der Waals surface area contributed by atoms with E-state index in [1.165, 1.54) is 5.56 Å². The fourth-order valence-corrected chi connectivity index (χ4v) is 3.45. The Morgan fingerprint density at radius 3 is 2.58 bits per heavy atom. The van der Waals surface area contributed by atoms with Crippen molar-refractivity contribution >= 4 is 17.6 Å². The van der Waals surface area contributed by atoms with Crippen molar-refractivity contribution in [3.63, 3.8) is 0 Å². The Morgan fingerprint density at radius 1 is 1.15 bits per heavy atom. The summed E-state index contributed by atoms with van der Waals surface area (Å²) >= 11 is 0. The molecule has 0 radical (unpaired) electrons. The van der Waals surface area contributed by atoms with Crippen molar-refractivity contribution < 1.29 is 14.7 Å². The maximum absolute atomic E-state index is 12.5. The van der Waals surface area contributed by atoms with E-state index in [2.05, 4.69) is 18.3 Å². The second-order valence-electron chi connectivity index (χ2n) is 6.82. The van der Waals surface area contributed by atoms with Crippen LogP contribution in [-0.2, 0) is 16.0 Å². The van der Waals surface area contributed by atoms with E-state index < -0.39 is 12.0 Å². The quantitative estimate of drug-likeness (QED) is 0.839. The number of amides is 1. The largest absolute Gasteiger partial charge is 0.480 e. The average Bonchev–Trinajstić information content (AvgIpc) is 2.64. The minimum Gasteiger partial charge on any atom is -0.480 e. The Labute approximate surface area is 153 Å². The van der Waals surface area contributed by atoms with E-state index in [0.717, 1.165) is 24.2 Å². The molecule has 0 saturated carbocycles. The number of benzene rings is 2. The van der Waals surface area contributed by atoms with E-state index in [0.29, 0.717) is 5.92 Å². The number of fused-ring (bicyclic) bond motifs is 1. The Morgan fingerprint density at radius 2 is 1.85 bits per heavy atom. The number of aliphatic carboxylic acids is 1. The summed E-state index contributed by atoms with van der Waals surface area (Å²) in [5.74, 6) is -0.817. The molecule has 0 saturated heterocycles. The third-order valence-corrected chi connectivity index (χ3v) is 4.89. The zero-order valence-corrected chi connectivity index (χ0v) is 14.9. The van der Waals surface area contributed by atoms with Crippen LogP contribution in [0.2, 0.25) is 0 Å². The van der Waals surface area contributed by atoms with Gasteiger partial charge in [-0.2, -0.15) is 0 Å². The first-order valence-corrected chi connectivity index (χ1v) is 8.94. The van der Waals surface area contributed by atoms with E-state index in [9.17, 15) is 14.7 Å². The van der Waals surface area contributed by atoms with E-state index in [-0.39, 0.29) is 18.9 Å². The molecule has 0 fully saturated rings. The minimum absolute atomic E-state index is 0.169. The molecule has 26 heavy (non-hydrogen) atoms. The number of para-hydroxylation sites is 1. The Kier molecular flexibility index (Phi) is 5.56. The van der Waals surface area contributed by atoms with Gasteiger partial charge in [-0.25, -0.2) is 4.79 Å².